The van der Waals surface area contributed by atoms with Crippen molar-refractivity contribution in [3.63, 3.8) is 0 Å². The van der Waals surface area contributed by atoms with Crippen LogP contribution in [0.4, 0.5) is 11.6 Å². The molecule has 128 valence electrons. The average molecular weight is 343 g/mol. The van der Waals surface area contributed by atoms with E-state index in [9.17, 15) is 4.79 Å². The third-order valence-electron chi connectivity index (χ3n) is 3.98. The van der Waals surface area contributed by atoms with E-state index in [2.05, 4.69) is 25.6 Å². The van der Waals surface area contributed by atoms with Crippen molar-refractivity contribution < 1.29 is 4.79 Å². The third kappa shape index (κ3) is 3.54. The van der Waals surface area contributed by atoms with Crippen molar-refractivity contribution >= 4 is 28.6 Å². The van der Waals surface area contributed by atoms with Crippen LogP contribution in [0, 0.1) is 0 Å². The maximum absolute atomic E-state index is 12.2. The molecule has 6 heteroatoms. The number of benzene rings is 2. The van der Waals surface area contributed by atoms with E-state index in [1.807, 2.05) is 48.5 Å². The fourth-order valence-corrected chi connectivity index (χ4v) is 2.69. The SMILES string of the molecule is O=C(Nc1cccc(CNc2nc3ccccc3[nH]2)c1)c1ccncc1. The number of aromatic amines is 1. The normalized spacial score (nSPS) is 10.6. The van der Waals surface area contributed by atoms with E-state index in [1.54, 1.807) is 24.5 Å². The van der Waals surface area contributed by atoms with E-state index < -0.39 is 0 Å². The van der Waals surface area contributed by atoms with E-state index in [1.165, 1.54) is 0 Å². The maximum atomic E-state index is 12.2. The second-order valence-corrected chi connectivity index (χ2v) is 5.85. The zero-order valence-corrected chi connectivity index (χ0v) is 13.9. The van der Waals surface area contributed by atoms with Gasteiger partial charge >= 0.3 is 0 Å². The van der Waals surface area contributed by atoms with Gasteiger partial charge in [0.2, 0.25) is 5.95 Å². The van der Waals surface area contributed by atoms with Crippen molar-refractivity contribution in [3.8, 4) is 0 Å². The van der Waals surface area contributed by atoms with Crippen LogP contribution in [0.15, 0.2) is 73.1 Å². The van der Waals surface area contributed by atoms with Crippen LogP contribution >= 0.6 is 0 Å². The highest BCUT2D eigenvalue weighted by atomic mass is 16.1. The molecule has 2 heterocycles. The summed E-state index contributed by atoms with van der Waals surface area (Å²) in [4.78, 5) is 23.9. The number of nitrogens with zero attached hydrogens (tertiary/aromatic N) is 2. The largest absolute Gasteiger partial charge is 0.352 e. The molecule has 0 unspecified atom stereocenters. The van der Waals surface area contributed by atoms with Gasteiger partial charge < -0.3 is 15.6 Å². The Morgan fingerprint density at radius 2 is 1.85 bits per heavy atom. The minimum Gasteiger partial charge on any atom is -0.352 e. The van der Waals surface area contributed by atoms with Gasteiger partial charge in [-0.25, -0.2) is 4.98 Å². The first-order valence-electron chi connectivity index (χ1n) is 8.27. The van der Waals surface area contributed by atoms with Gasteiger partial charge in [-0.05, 0) is 42.0 Å². The number of carbonyl (C=O) groups excluding carboxylic acids is 1. The number of fused-ring (bicyclic) bond motifs is 1. The number of imidazole rings is 1. The number of amides is 1. The molecular formula is C20H17N5O. The predicted molar refractivity (Wildman–Crippen MR) is 102 cm³/mol. The topological polar surface area (TPSA) is 82.7 Å². The van der Waals surface area contributed by atoms with Gasteiger partial charge in [-0.3, -0.25) is 9.78 Å². The van der Waals surface area contributed by atoms with E-state index in [4.69, 9.17) is 0 Å². The van der Waals surface area contributed by atoms with Crippen LogP contribution in [0.25, 0.3) is 11.0 Å². The molecule has 26 heavy (non-hydrogen) atoms. The number of H-pyrrole nitrogens is 1. The smallest absolute Gasteiger partial charge is 0.255 e. The highest BCUT2D eigenvalue weighted by Crippen LogP contribution is 2.16. The van der Waals surface area contributed by atoms with Crippen LogP contribution in [0.1, 0.15) is 15.9 Å². The summed E-state index contributed by atoms with van der Waals surface area (Å²) in [5.74, 6) is 0.562. The fraction of sp³-hybridized carbons (Fsp3) is 0.0500. The number of nitrogens with one attached hydrogen (secondary N) is 3. The molecule has 0 bridgehead atoms. The van der Waals surface area contributed by atoms with Crippen LogP contribution in [0.2, 0.25) is 0 Å². The van der Waals surface area contributed by atoms with Crippen molar-refractivity contribution in [2.75, 3.05) is 10.6 Å². The molecule has 0 radical (unpaired) electrons. The molecule has 0 saturated carbocycles. The van der Waals surface area contributed by atoms with Crippen LogP contribution < -0.4 is 10.6 Å². The minimum atomic E-state index is -0.158. The van der Waals surface area contributed by atoms with Crippen molar-refractivity contribution in [2.24, 2.45) is 0 Å². The minimum absolute atomic E-state index is 0.158. The zero-order chi connectivity index (χ0) is 17.8. The van der Waals surface area contributed by atoms with Gasteiger partial charge in [0.25, 0.3) is 5.91 Å². The molecule has 0 spiro atoms. The molecule has 2 aromatic carbocycles. The molecule has 0 aliphatic rings. The van der Waals surface area contributed by atoms with Gasteiger partial charge in [0.15, 0.2) is 0 Å². The summed E-state index contributed by atoms with van der Waals surface area (Å²) in [6, 6.07) is 19.0. The Balaban J connectivity index is 1.43. The Hall–Kier alpha value is -3.67. The first kappa shape index (κ1) is 15.8. The molecule has 0 aliphatic carbocycles. The molecule has 6 nitrogen and oxygen atoms in total. The Labute approximate surface area is 150 Å². The summed E-state index contributed by atoms with van der Waals surface area (Å²) >= 11 is 0. The fourth-order valence-electron chi connectivity index (χ4n) is 2.69. The molecule has 0 atom stereocenters. The van der Waals surface area contributed by atoms with Crippen molar-refractivity contribution in [1.82, 2.24) is 15.0 Å². The third-order valence-corrected chi connectivity index (χ3v) is 3.98. The average Bonchev–Trinajstić information content (AvgIpc) is 3.10. The first-order valence-corrected chi connectivity index (χ1v) is 8.27. The van der Waals surface area contributed by atoms with E-state index in [-0.39, 0.29) is 5.91 Å². The van der Waals surface area contributed by atoms with Gasteiger partial charge in [0.05, 0.1) is 11.0 Å². The maximum Gasteiger partial charge on any atom is 0.255 e. The molecule has 0 saturated heterocycles. The summed E-state index contributed by atoms with van der Waals surface area (Å²) in [5.41, 5.74) is 4.28. The highest BCUT2D eigenvalue weighted by molar-refractivity contribution is 6.04. The number of hydrogen-bond acceptors (Lipinski definition) is 4. The molecule has 0 fully saturated rings. The highest BCUT2D eigenvalue weighted by Gasteiger charge is 2.06. The predicted octanol–water partition coefficient (Wildman–Crippen LogP) is 3.82. The molecular weight excluding hydrogens is 326 g/mol. The van der Waals surface area contributed by atoms with Crippen molar-refractivity contribution in [3.05, 3.63) is 84.2 Å². The van der Waals surface area contributed by atoms with E-state index >= 15 is 0 Å². The van der Waals surface area contributed by atoms with Gasteiger partial charge in [-0.2, -0.15) is 0 Å². The van der Waals surface area contributed by atoms with Gasteiger partial charge in [0, 0.05) is 30.2 Å². The number of carbonyl (C=O) groups is 1. The zero-order valence-electron chi connectivity index (χ0n) is 13.9. The molecule has 2 aromatic heterocycles. The lowest BCUT2D eigenvalue weighted by molar-refractivity contribution is 0.102. The molecule has 1 amide bonds. The van der Waals surface area contributed by atoms with Gasteiger partial charge in [-0.1, -0.05) is 24.3 Å². The summed E-state index contributed by atoms with van der Waals surface area (Å²) in [7, 11) is 0. The Kier molecular flexibility index (Phi) is 4.30. The van der Waals surface area contributed by atoms with Crippen LogP contribution in [0.5, 0.6) is 0 Å². The number of hydrogen-bond donors (Lipinski definition) is 3. The summed E-state index contributed by atoms with van der Waals surface area (Å²) in [5, 5.41) is 6.18. The van der Waals surface area contributed by atoms with Crippen LogP contribution in [-0.4, -0.2) is 20.9 Å². The molecule has 4 rings (SSSR count). The summed E-state index contributed by atoms with van der Waals surface area (Å²) in [6.45, 7) is 0.596. The van der Waals surface area contributed by atoms with E-state index in [0.29, 0.717) is 12.1 Å². The lowest BCUT2D eigenvalue weighted by atomic mass is 10.2. The van der Waals surface area contributed by atoms with E-state index in [0.717, 1.165) is 28.2 Å². The number of rotatable bonds is 5. The Morgan fingerprint density at radius 3 is 2.69 bits per heavy atom. The van der Waals surface area contributed by atoms with Crippen LogP contribution in [-0.2, 0) is 6.54 Å². The van der Waals surface area contributed by atoms with Crippen molar-refractivity contribution in [2.45, 2.75) is 6.54 Å². The Bertz CT molecular complexity index is 1010. The summed E-state index contributed by atoms with van der Waals surface area (Å²) in [6.07, 6.45) is 3.20. The lowest BCUT2D eigenvalue weighted by Gasteiger charge is -2.08. The number of pyridine rings is 1. The second kappa shape index (κ2) is 7.06. The van der Waals surface area contributed by atoms with Crippen molar-refractivity contribution in [1.29, 1.82) is 0 Å². The molecule has 4 aromatic rings. The standard InChI is InChI=1S/C20H17N5O/c26-19(15-8-10-21-11-9-15)23-16-5-3-4-14(12-16)13-22-20-24-17-6-1-2-7-18(17)25-20/h1-12H,13H2,(H,23,26)(H2,22,24,25). The molecule has 3 N–H and O–H groups in total. The van der Waals surface area contributed by atoms with Gasteiger partial charge in [-0.15, -0.1) is 0 Å². The summed E-state index contributed by atoms with van der Waals surface area (Å²) < 4.78 is 0. The second-order valence-electron chi connectivity index (χ2n) is 5.85. The monoisotopic (exact) mass is 343 g/mol. The Morgan fingerprint density at radius 1 is 1.00 bits per heavy atom. The lowest BCUT2D eigenvalue weighted by Crippen LogP contribution is -2.12. The first-order chi connectivity index (χ1) is 12.8. The number of aromatic nitrogens is 3. The quantitative estimate of drug-likeness (QED) is 0.514. The van der Waals surface area contributed by atoms with Gasteiger partial charge in [0.1, 0.15) is 0 Å². The molecule has 0 aliphatic heterocycles. The van der Waals surface area contributed by atoms with Crippen LogP contribution in [0.3, 0.4) is 0 Å². The number of para-hydroxylation sites is 2. The number of anilines is 2.